The summed E-state index contributed by atoms with van der Waals surface area (Å²) >= 11 is 5.97. The zero-order valence-corrected chi connectivity index (χ0v) is 37.2. The van der Waals surface area contributed by atoms with E-state index in [-0.39, 0.29) is 29.3 Å². The molecule has 0 saturated carbocycles. The molecule has 4 aliphatic rings. The van der Waals surface area contributed by atoms with E-state index < -0.39 is 35.5 Å². The molecule has 0 aliphatic carbocycles. The lowest BCUT2D eigenvalue weighted by atomic mass is 10.0. The fraction of sp³-hybridized carbons (Fsp3) is 0.426. The summed E-state index contributed by atoms with van der Waals surface area (Å²) in [7, 11) is 1.53. The predicted octanol–water partition coefficient (Wildman–Crippen LogP) is 5.82. The molecule has 1 unspecified atom stereocenters. The van der Waals surface area contributed by atoms with E-state index in [0.717, 1.165) is 89.2 Å². The number of hydrogen-bond acceptors (Lipinski definition) is 13. The van der Waals surface area contributed by atoms with Gasteiger partial charge >= 0.3 is 0 Å². The van der Waals surface area contributed by atoms with Gasteiger partial charge in [-0.1, -0.05) is 36.6 Å². The van der Waals surface area contributed by atoms with Crippen molar-refractivity contribution < 1.29 is 33.1 Å². The van der Waals surface area contributed by atoms with Crippen LogP contribution < -0.4 is 26.0 Å². The number of methoxy groups -OCH3 is 1. The largest absolute Gasteiger partial charge is 0.494 e. The summed E-state index contributed by atoms with van der Waals surface area (Å²) < 4.78 is 19.3. The van der Waals surface area contributed by atoms with Gasteiger partial charge in [0.1, 0.15) is 29.8 Å². The van der Waals surface area contributed by atoms with Crippen molar-refractivity contribution in [2.24, 2.45) is 0 Å². The molecule has 5 amide bonds. The molecule has 4 aromatic rings. The molecule has 16 nitrogen and oxygen atoms in total. The molecule has 4 N–H and O–H groups in total. The number of likely N-dealkylation sites (tertiary alicyclic amines) is 1. The average molecular weight is 909 g/mol. The van der Waals surface area contributed by atoms with Gasteiger partial charge in [-0.15, -0.1) is 0 Å². The molecule has 342 valence electrons. The van der Waals surface area contributed by atoms with Crippen LogP contribution >= 0.6 is 11.6 Å². The van der Waals surface area contributed by atoms with Crippen LogP contribution in [0.4, 0.5) is 27.3 Å². The summed E-state index contributed by atoms with van der Waals surface area (Å²) in [6, 6.07) is 12.5. The molecule has 1 aromatic heterocycles. The zero-order valence-electron chi connectivity index (χ0n) is 36.4. The minimum atomic E-state index is -0.981. The molecule has 65 heavy (non-hydrogen) atoms. The maximum atomic E-state index is 13.7. The Bertz CT molecular complexity index is 2470. The van der Waals surface area contributed by atoms with E-state index in [0.29, 0.717) is 64.2 Å². The smallest absolute Gasteiger partial charge is 0.264 e. The van der Waals surface area contributed by atoms with E-state index in [4.69, 9.17) is 16.3 Å². The number of piperazine rings is 1. The van der Waals surface area contributed by atoms with Crippen LogP contribution in [-0.2, 0) is 14.4 Å². The van der Waals surface area contributed by atoms with E-state index in [1.165, 1.54) is 25.6 Å². The van der Waals surface area contributed by atoms with Gasteiger partial charge in [0, 0.05) is 80.6 Å². The van der Waals surface area contributed by atoms with Gasteiger partial charge in [0.2, 0.25) is 17.7 Å². The second kappa shape index (κ2) is 20.9. The highest BCUT2D eigenvalue weighted by molar-refractivity contribution is 6.31. The lowest BCUT2D eigenvalue weighted by Crippen LogP contribution is -2.54. The number of unbranched alkanes of at least 4 members (excludes halogenated alkanes) is 3. The number of carbonyl (C=O) groups excluding carboxylic acids is 5. The van der Waals surface area contributed by atoms with Crippen LogP contribution in [-0.4, -0.2) is 137 Å². The molecule has 3 aromatic carbocycles. The molecule has 3 saturated heterocycles. The predicted molar refractivity (Wildman–Crippen MR) is 246 cm³/mol. The number of nitrogens with zero attached hydrogens (tertiary/aromatic N) is 6. The average Bonchev–Trinajstić information content (AvgIpc) is 3.56. The van der Waals surface area contributed by atoms with Crippen LogP contribution in [0.25, 0.3) is 10.9 Å². The van der Waals surface area contributed by atoms with Gasteiger partial charge in [-0.2, -0.15) is 0 Å². The highest BCUT2D eigenvalue weighted by Crippen LogP contribution is 2.35. The number of imide groups is 2. The maximum absolute atomic E-state index is 13.7. The van der Waals surface area contributed by atoms with Crippen LogP contribution in [0.1, 0.15) is 72.1 Å². The van der Waals surface area contributed by atoms with Crippen LogP contribution in [0.5, 0.6) is 5.75 Å². The Labute approximate surface area is 381 Å². The fourth-order valence-electron chi connectivity index (χ4n) is 9.16. The number of carbonyl (C=O) groups is 5. The Morgan fingerprint density at radius 1 is 0.908 bits per heavy atom. The van der Waals surface area contributed by atoms with Gasteiger partial charge in [-0.05, 0) is 88.1 Å². The number of fused-ring (bicyclic) bond motifs is 2. The molecule has 8 rings (SSSR count). The van der Waals surface area contributed by atoms with E-state index >= 15 is 0 Å². The zero-order chi connectivity index (χ0) is 45.5. The normalized spacial score (nSPS) is 18.9. The minimum Gasteiger partial charge on any atom is -0.494 e. The van der Waals surface area contributed by atoms with Crippen molar-refractivity contribution in [3.63, 3.8) is 0 Å². The first-order chi connectivity index (χ1) is 31.6. The Morgan fingerprint density at radius 3 is 2.48 bits per heavy atom. The number of ether oxygens (including phenoxy) is 1. The maximum Gasteiger partial charge on any atom is 0.264 e. The molecule has 18 heteroatoms. The van der Waals surface area contributed by atoms with Crippen molar-refractivity contribution in [3.8, 4) is 5.75 Å². The van der Waals surface area contributed by atoms with E-state index in [1.54, 1.807) is 42.5 Å². The van der Waals surface area contributed by atoms with Crippen molar-refractivity contribution in [1.29, 1.82) is 0 Å². The molecule has 3 fully saturated rings. The highest BCUT2D eigenvalue weighted by Gasteiger charge is 2.45. The molecule has 1 atom stereocenters. The van der Waals surface area contributed by atoms with Crippen LogP contribution in [0.15, 0.2) is 67.0 Å². The molecular formula is C47H54ClFN10O6. The number of amides is 5. The summed E-state index contributed by atoms with van der Waals surface area (Å²) in [5.74, 6) is -1.89. The van der Waals surface area contributed by atoms with Crippen LogP contribution in [0.3, 0.4) is 0 Å². The number of rotatable bonds is 17. The lowest BCUT2D eigenvalue weighted by Gasteiger charge is -2.42. The number of nitrogens with one attached hydrogen (secondary N) is 4. The Balaban J connectivity index is 0.707. The van der Waals surface area contributed by atoms with Crippen LogP contribution in [0, 0.1) is 5.82 Å². The number of benzene rings is 3. The third-order valence-electron chi connectivity index (χ3n) is 12.7. The summed E-state index contributed by atoms with van der Waals surface area (Å²) in [4.78, 5) is 80.9. The third kappa shape index (κ3) is 10.8. The number of halogens is 2. The topological polar surface area (TPSA) is 181 Å². The van der Waals surface area contributed by atoms with E-state index in [9.17, 15) is 28.4 Å². The SMILES string of the molecule is COc1cc2ncnc(Nc3ccc(F)c(Cl)c3)c2cc1NC(=O)/C=C/CN1CCC(N2CCN(CCCCCCNc3cccc4c3C(=O)N(C3CCC(=O)NC3=O)C4=O)CC2)CC1. The minimum absolute atomic E-state index is 0.0146. The second-order valence-corrected chi connectivity index (χ2v) is 17.3. The Hall–Kier alpha value is -6.01. The number of hydrogen-bond donors (Lipinski definition) is 4. The molecule has 0 radical (unpaired) electrons. The fourth-order valence-corrected chi connectivity index (χ4v) is 9.34. The summed E-state index contributed by atoms with van der Waals surface area (Å²) in [6.07, 6.45) is 11.5. The Morgan fingerprint density at radius 2 is 1.71 bits per heavy atom. The van der Waals surface area contributed by atoms with Gasteiger partial charge in [-0.25, -0.2) is 14.4 Å². The Kier molecular flexibility index (Phi) is 14.6. The first-order valence-corrected chi connectivity index (χ1v) is 22.7. The van der Waals surface area contributed by atoms with Crippen molar-refractivity contribution >= 4 is 74.9 Å². The number of piperidine rings is 2. The molecule has 4 aliphatic heterocycles. The van der Waals surface area contributed by atoms with Crippen molar-refractivity contribution in [2.45, 2.75) is 63.5 Å². The van der Waals surface area contributed by atoms with Gasteiger partial charge in [0.05, 0.1) is 34.5 Å². The van der Waals surface area contributed by atoms with E-state index in [2.05, 4.69) is 45.9 Å². The standard InChI is InChI=1S/C47H54ClFN10O6/c1-65-40-28-37-33(44(52-29-51-37)53-30-11-12-35(49)34(48)26-30)27-38(40)54-41(60)10-7-19-56-20-15-31(16-21-56)58-24-22-57(23-25-58)18-5-3-2-4-17-50-36-9-6-8-32-43(36)47(64)59(46(32)63)39-13-14-42(61)55-45(39)62/h6-12,26-29,31,39,50H,2-5,13-25H2,1H3,(H,54,60)(H,51,52,53)(H,55,61,62)/b10-7+. The second-order valence-electron chi connectivity index (χ2n) is 16.9. The molecule has 0 bridgehead atoms. The van der Waals surface area contributed by atoms with E-state index in [1.807, 2.05) is 6.08 Å². The van der Waals surface area contributed by atoms with Crippen molar-refractivity contribution in [3.05, 3.63) is 89.0 Å². The summed E-state index contributed by atoms with van der Waals surface area (Å²) in [5.41, 5.74) is 2.78. The molecular weight excluding hydrogens is 855 g/mol. The summed E-state index contributed by atoms with van der Waals surface area (Å²) in [5, 5.41) is 12.3. The number of aromatic nitrogens is 2. The van der Waals surface area contributed by atoms with Gasteiger partial charge in [-0.3, -0.25) is 44.0 Å². The lowest BCUT2D eigenvalue weighted by molar-refractivity contribution is -0.136. The first-order valence-electron chi connectivity index (χ1n) is 22.4. The van der Waals surface area contributed by atoms with Gasteiger partial charge in [0.25, 0.3) is 11.8 Å². The third-order valence-corrected chi connectivity index (χ3v) is 13.0. The summed E-state index contributed by atoms with van der Waals surface area (Å²) in [6.45, 7) is 8.64. The molecule has 5 heterocycles. The highest BCUT2D eigenvalue weighted by atomic mass is 35.5. The first kappa shape index (κ1) is 45.6. The monoisotopic (exact) mass is 908 g/mol. The van der Waals surface area contributed by atoms with Gasteiger partial charge in [0.15, 0.2) is 0 Å². The van der Waals surface area contributed by atoms with Crippen molar-refractivity contribution in [1.82, 2.24) is 34.9 Å². The number of anilines is 4. The quantitative estimate of drug-likeness (QED) is 0.0566. The van der Waals surface area contributed by atoms with Crippen LogP contribution in [0.2, 0.25) is 5.02 Å². The molecule has 0 spiro atoms. The van der Waals surface area contributed by atoms with Crippen molar-refractivity contribution in [2.75, 3.05) is 82.0 Å². The van der Waals surface area contributed by atoms with Gasteiger partial charge < -0.3 is 25.6 Å².